The fraction of sp³-hybridized carbons (Fsp3) is 0.167. The van der Waals surface area contributed by atoms with Crippen LogP contribution in [0.1, 0.15) is 27.7 Å². The third-order valence-corrected chi connectivity index (χ3v) is 5.01. The van der Waals surface area contributed by atoms with Crippen molar-refractivity contribution >= 4 is 11.6 Å². The molecule has 150 valence electrons. The molecule has 0 fully saturated rings. The number of carbonyl (C=O) groups is 1. The van der Waals surface area contributed by atoms with Crippen molar-refractivity contribution in [3.63, 3.8) is 0 Å². The molecule has 0 saturated carbocycles. The van der Waals surface area contributed by atoms with Crippen LogP contribution >= 0.6 is 0 Å². The van der Waals surface area contributed by atoms with Crippen molar-refractivity contribution in [3.05, 3.63) is 89.5 Å². The zero-order valence-corrected chi connectivity index (χ0v) is 16.5. The number of nitrogens with zero attached hydrogens (tertiary/aromatic N) is 2. The molecule has 0 bridgehead atoms. The first-order valence-corrected chi connectivity index (χ1v) is 9.59. The smallest absolute Gasteiger partial charge is 0.258 e. The lowest BCUT2D eigenvalue weighted by molar-refractivity contribution is 0.0666. The maximum Gasteiger partial charge on any atom is 0.258 e. The molecule has 3 aromatic rings. The molecule has 1 aliphatic rings. The summed E-state index contributed by atoms with van der Waals surface area (Å²) in [6.07, 6.45) is -0.383. The van der Waals surface area contributed by atoms with Gasteiger partial charge < -0.3 is 19.7 Å². The minimum Gasteiger partial charge on any atom is -0.493 e. The number of nitrogens with one attached hydrogen (secondary N) is 1. The number of benzene rings is 3. The molecule has 0 aromatic heterocycles. The van der Waals surface area contributed by atoms with Crippen molar-refractivity contribution in [2.75, 3.05) is 19.0 Å². The van der Waals surface area contributed by atoms with Gasteiger partial charge in [-0.05, 0) is 35.4 Å². The van der Waals surface area contributed by atoms with Crippen LogP contribution in [-0.2, 0) is 6.54 Å². The van der Waals surface area contributed by atoms with Crippen LogP contribution in [0.25, 0.3) is 0 Å². The first-order chi connectivity index (χ1) is 14.7. The average molecular weight is 399 g/mol. The van der Waals surface area contributed by atoms with E-state index < -0.39 is 0 Å². The summed E-state index contributed by atoms with van der Waals surface area (Å²) in [5, 5.41) is 12.3. The number of hydrogen-bond acceptors (Lipinski definition) is 5. The highest BCUT2D eigenvalue weighted by Crippen LogP contribution is 2.37. The highest BCUT2D eigenvalue weighted by Gasteiger charge is 2.33. The molecule has 0 aliphatic carbocycles. The molecule has 1 heterocycles. The third kappa shape index (κ3) is 3.78. The SMILES string of the molecule is COc1cc([C@@H]2Nc3ccccc3C(=O)N2Cc2ccccc2)ccc1OCC#N. The molecule has 0 unspecified atom stereocenters. The van der Waals surface area contributed by atoms with E-state index in [4.69, 9.17) is 14.7 Å². The number of amides is 1. The number of carbonyl (C=O) groups excluding carboxylic acids is 1. The summed E-state index contributed by atoms with van der Waals surface area (Å²) in [7, 11) is 1.55. The van der Waals surface area contributed by atoms with Crippen LogP contribution in [0.5, 0.6) is 11.5 Å². The van der Waals surface area contributed by atoms with Crippen molar-refractivity contribution in [2.45, 2.75) is 12.7 Å². The molecule has 1 atom stereocenters. The molecule has 1 N–H and O–H groups in total. The minimum atomic E-state index is -0.383. The standard InChI is InChI=1S/C24H21N3O3/c1-29-22-15-18(11-12-21(22)30-14-13-25)23-26-20-10-6-5-9-19(20)24(28)27(23)16-17-7-3-2-4-8-17/h2-12,15,23,26H,14,16H2,1H3/t23-/m1/s1. The van der Waals surface area contributed by atoms with Crippen LogP contribution in [0.15, 0.2) is 72.8 Å². The lowest BCUT2D eigenvalue weighted by atomic mass is 10.0. The quantitative estimate of drug-likeness (QED) is 0.666. The van der Waals surface area contributed by atoms with Gasteiger partial charge >= 0.3 is 0 Å². The van der Waals surface area contributed by atoms with Gasteiger partial charge in [-0.25, -0.2) is 0 Å². The maximum atomic E-state index is 13.4. The van der Waals surface area contributed by atoms with Gasteiger partial charge in [-0.2, -0.15) is 5.26 Å². The maximum absolute atomic E-state index is 13.4. The highest BCUT2D eigenvalue weighted by molar-refractivity contribution is 6.01. The number of rotatable bonds is 6. The van der Waals surface area contributed by atoms with Gasteiger partial charge in [-0.15, -0.1) is 0 Å². The zero-order valence-electron chi connectivity index (χ0n) is 16.5. The number of methoxy groups -OCH3 is 1. The molecule has 0 saturated heterocycles. The Labute approximate surface area is 175 Å². The summed E-state index contributed by atoms with van der Waals surface area (Å²) in [4.78, 5) is 15.2. The Balaban J connectivity index is 1.73. The second kappa shape index (κ2) is 8.58. The molecular formula is C24H21N3O3. The molecule has 4 rings (SSSR count). The van der Waals surface area contributed by atoms with E-state index in [2.05, 4.69) is 5.32 Å². The van der Waals surface area contributed by atoms with E-state index in [1.807, 2.05) is 77.7 Å². The van der Waals surface area contributed by atoms with E-state index in [-0.39, 0.29) is 18.7 Å². The largest absolute Gasteiger partial charge is 0.493 e. The molecule has 0 spiro atoms. The minimum absolute atomic E-state index is 0.0398. The van der Waals surface area contributed by atoms with Gasteiger partial charge in [0.15, 0.2) is 18.1 Å². The molecule has 3 aromatic carbocycles. The van der Waals surface area contributed by atoms with E-state index in [9.17, 15) is 4.79 Å². The fourth-order valence-electron chi connectivity index (χ4n) is 3.58. The predicted octanol–water partition coefficient (Wildman–Crippen LogP) is 4.36. The second-order valence-electron chi connectivity index (χ2n) is 6.87. The van der Waals surface area contributed by atoms with E-state index in [1.165, 1.54) is 0 Å². The van der Waals surface area contributed by atoms with Gasteiger partial charge in [0.25, 0.3) is 5.91 Å². The zero-order chi connectivity index (χ0) is 20.9. The van der Waals surface area contributed by atoms with Crippen LogP contribution in [0.4, 0.5) is 5.69 Å². The Kier molecular flexibility index (Phi) is 5.53. The monoisotopic (exact) mass is 399 g/mol. The van der Waals surface area contributed by atoms with Crippen LogP contribution in [0.3, 0.4) is 0 Å². The van der Waals surface area contributed by atoms with Gasteiger partial charge in [-0.1, -0.05) is 48.5 Å². The summed E-state index contributed by atoms with van der Waals surface area (Å²) in [5.74, 6) is 0.956. The lowest BCUT2D eigenvalue weighted by Crippen LogP contribution is -2.42. The summed E-state index contributed by atoms with van der Waals surface area (Å²) in [6.45, 7) is 0.393. The van der Waals surface area contributed by atoms with Gasteiger partial charge in [0, 0.05) is 12.2 Å². The topological polar surface area (TPSA) is 74.6 Å². The molecule has 0 radical (unpaired) electrons. The number of nitriles is 1. The second-order valence-corrected chi connectivity index (χ2v) is 6.87. The van der Waals surface area contributed by atoms with Crippen molar-refractivity contribution in [1.29, 1.82) is 5.26 Å². The van der Waals surface area contributed by atoms with E-state index in [0.29, 0.717) is 23.6 Å². The molecule has 6 heteroatoms. The van der Waals surface area contributed by atoms with Crippen LogP contribution in [-0.4, -0.2) is 24.5 Å². The summed E-state index contributed by atoms with van der Waals surface area (Å²) in [6, 6.07) is 24.8. The van der Waals surface area contributed by atoms with Crippen molar-refractivity contribution < 1.29 is 14.3 Å². The average Bonchev–Trinajstić information content (AvgIpc) is 2.80. The fourth-order valence-corrected chi connectivity index (χ4v) is 3.58. The Morgan fingerprint density at radius 1 is 1.03 bits per heavy atom. The van der Waals surface area contributed by atoms with E-state index >= 15 is 0 Å². The van der Waals surface area contributed by atoms with Crippen LogP contribution in [0, 0.1) is 11.3 Å². The molecule has 1 aliphatic heterocycles. The van der Waals surface area contributed by atoms with Crippen LogP contribution < -0.4 is 14.8 Å². The van der Waals surface area contributed by atoms with Crippen molar-refractivity contribution in [2.24, 2.45) is 0 Å². The molecule has 1 amide bonds. The number of hydrogen-bond donors (Lipinski definition) is 1. The van der Waals surface area contributed by atoms with Crippen molar-refractivity contribution in [1.82, 2.24) is 4.90 Å². The first-order valence-electron chi connectivity index (χ1n) is 9.59. The third-order valence-electron chi connectivity index (χ3n) is 5.01. The predicted molar refractivity (Wildman–Crippen MR) is 113 cm³/mol. The highest BCUT2D eigenvalue weighted by atomic mass is 16.5. The van der Waals surface area contributed by atoms with Crippen LogP contribution in [0.2, 0.25) is 0 Å². The molecule has 30 heavy (non-hydrogen) atoms. The normalized spacial score (nSPS) is 15.0. The molecule has 6 nitrogen and oxygen atoms in total. The van der Waals surface area contributed by atoms with Gasteiger partial charge in [0.05, 0.1) is 12.7 Å². The van der Waals surface area contributed by atoms with E-state index in [1.54, 1.807) is 13.2 Å². The number of ether oxygens (including phenoxy) is 2. The Hall–Kier alpha value is -3.98. The number of para-hydroxylation sites is 1. The number of fused-ring (bicyclic) bond motifs is 1. The first kappa shape index (κ1) is 19.3. The lowest BCUT2D eigenvalue weighted by Gasteiger charge is -2.38. The Morgan fingerprint density at radius 2 is 1.80 bits per heavy atom. The van der Waals surface area contributed by atoms with Gasteiger partial charge in [0.2, 0.25) is 0 Å². The Bertz CT molecular complexity index is 1090. The van der Waals surface area contributed by atoms with Gasteiger partial charge in [0.1, 0.15) is 12.2 Å². The Morgan fingerprint density at radius 3 is 2.57 bits per heavy atom. The number of anilines is 1. The summed E-state index contributed by atoms with van der Waals surface area (Å²) < 4.78 is 10.9. The van der Waals surface area contributed by atoms with Gasteiger partial charge in [-0.3, -0.25) is 4.79 Å². The van der Waals surface area contributed by atoms with Crippen molar-refractivity contribution in [3.8, 4) is 17.6 Å². The molecular weight excluding hydrogens is 378 g/mol. The summed E-state index contributed by atoms with van der Waals surface area (Å²) >= 11 is 0. The van der Waals surface area contributed by atoms with E-state index in [0.717, 1.165) is 16.8 Å². The summed E-state index contributed by atoms with van der Waals surface area (Å²) in [5.41, 5.74) is 3.33.